The van der Waals surface area contributed by atoms with E-state index in [1.165, 1.54) is 18.4 Å². The molecule has 10 heteroatoms. The predicted molar refractivity (Wildman–Crippen MR) is 71.9 cm³/mol. The Kier molecular flexibility index (Phi) is 5.74. The van der Waals surface area contributed by atoms with Crippen molar-refractivity contribution in [1.29, 1.82) is 0 Å². The standard InChI is InChI=1S/C9H11Cl3NO5P/c1-16-19(15,17-2)8(9(10,11)12)13-7(14)6-4-3-5-18-6/h3-5,8H,1-2H3,(H,13,14)/t8-/m0/s1. The topological polar surface area (TPSA) is 77.8 Å². The van der Waals surface area contributed by atoms with E-state index in [0.717, 1.165) is 14.2 Å². The molecule has 0 bridgehead atoms. The summed E-state index contributed by atoms with van der Waals surface area (Å²) in [7, 11) is -1.60. The van der Waals surface area contributed by atoms with E-state index >= 15 is 0 Å². The van der Waals surface area contributed by atoms with E-state index in [2.05, 4.69) is 5.32 Å². The first-order chi connectivity index (χ1) is 8.74. The van der Waals surface area contributed by atoms with Gasteiger partial charge < -0.3 is 18.8 Å². The molecule has 6 nitrogen and oxygen atoms in total. The van der Waals surface area contributed by atoms with Gasteiger partial charge in [-0.05, 0) is 12.1 Å². The number of alkyl halides is 3. The van der Waals surface area contributed by atoms with Crippen molar-refractivity contribution in [3.8, 4) is 0 Å². The van der Waals surface area contributed by atoms with E-state index in [9.17, 15) is 9.36 Å². The molecule has 0 saturated heterocycles. The molecule has 108 valence electrons. The van der Waals surface area contributed by atoms with Gasteiger partial charge in [-0.25, -0.2) is 0 Å². The van der Waals surface area contributed by atoms with Crippen molar-refractivity contribution < 1.29 is 22.8 Å². The molecule has 1 rings (SSSR count). The fourth-order valence-corrected chi connectivity index (χ4v) is 3.67. The van der Waals surface area contributed by atoms with E-state index in [0.29, 0.717) is 0 Å². The van der Waals surface area contributed by atoms with Gasteiger partial charge in [0.05, 0.1) is 6.26 Å². The summed E-state index contributed by atoms with van der Waals surface area (Å²) in [5.41, 5.74) is 0. The van der Waals surface area contributed by atoms with Gasteiger partial charge in [0.15, 0.2) is 11.5 Å². The highest BCUT2D eigenvalue weighted by atomic mass is 35.6. The molecule has 1 aromatic heterocycles. The first kappa shape index (κ1) is 16.8. The lowest BCUT2D eigenvalue weighted by Crippen LogP contribution is -2.44. The zero-order valence-corrected chi connectivity index (χ0v) is 13.1. The van der Waals surface area contributed by atoms with Crippen molar-refractivity contribution in [2.24, 2.45) is 0 Å². The molecular weight excluding hydrogens is 339 g/mol. The number of furan rings is 1. The Hall–Kier alpha value is -0.230. The summed E-state index contributed by atoms with van der Waals surface area (Å²) in [6.45, 7) is 0. The lowest BCUT2D eigenvalue weighted by Gasteiger charge is -2.29. The van der Waals surface area contributed by atoms with Crippen molar-refractivity contribution in [3.63, 3.8) is 0 Å². The molecule has 0 aliphatic rings. The molecule has 0 fully saturated rings. The van der Waals surface area contributed by atoms with Crippen molar-refractivity contribution in [2.75, 3.05) is 14.2 Å². The van der Waals surface area contributed by atoms with E-state index < -0.39 is 23.1 Å². The Morgan fingerprint density at radius 2 is 2.00 bits per heavy atom. The van der Waals surface area contributed by atoms with Crippen LogP contribution in [0.3, 0.4) is 0 Å². The van der Waals surface area contributed by atoms with Crippen LogP contribution in [0.4, 0.5) is 0 Å². The molecule has 1 amide bonds. The van der Waals surface area contributed by atoms with Crippen LogP contribution in [0.2, 0.25) is 0 Å². The summed E-state index contributed by atoms with van der Waals surface area (Å²) >= 11 is 17.1. The molecule has 0 aromatic carbocycles. The summed E-state index contributed by atoms with van der Waals surface area (Å²) in [6.07, 6.45) is 1.30. The van der Waals surface area contributed by atoms with Gasteiger partial charge in [-0.15, -0.1) is 0 Å². The number of carbonyl (C=O) groups excluding carboxylic acids is 1. The van der Waals surface area contributed by atoms with Crippen LogP contribution < -0.4 is 5.32 Å². The smallest absolute Gasteiger partial charge is 0.356 e. The lowest BCUT2D eigenvalue weighted by molar-refractivity contribution is 0.0913. The minimum absolute atomic E-state index is 0.0296. The monoisotopic (exact) mass is 349 g/mol. The maximum absolute atomic E-state index is 12.3. The summed E-state index contributed by atoms with van der Waals surface area (Å²) in [4.78, 5) is 11.8. The first-order valence-corrected chi connectivity index (χ1v) is 7.61. The molecule has 0 unspecified atom stereocenters. The number of halogens is 3. The molecule has 0 spiro atoms. The molecule has 0 aliphatic heterocycles. The van der Waals surface area contributed by atoms with Gasteiger partial charge in [-0.1, -0.05) is 34.8 Å². The van der Waals surface area contributed by atoms with Crippen LogP contribution in [0.25, 0.3) is 0 Å². The van der Waals surface area contributed by atoms with E-state index in [-0.39, 0.29) is 5.76 Å². The van der Waals surface area contributed by atoms with Crippen molar-refractivity contribution in [1.82, 2.24) is 5.32 Å². The molecule has 19 heavy (non-hydrogen) atoms. The Labute approximate surface area is 124 Å². The lowest BCUT2D eigenvalue weighted by atomic mass is 10.4. The highest BCUT2D eigenvalue weighted by Crippen LogP contribution is 2.57. The van der Waals surface area contributed by atoms with Gasteiger partial charge in [-0.2, -0.15) is 0 Å². The molecule has 1 atom stereocenters. The number of hydrogen-bond acceptors (Lipinski definition) is 5. The molecular formula is C9H11Cl3NO5P. The highest BCUT2D eigenvalue weighted by Gasteiger charge is 2.49. The quantitative estimate of drug-likeness (QED) is 0.652. The highest BCUT2D eigenvalue weighted by molar-refractivity contribution is 7.55. The molecule has 0 radical (unpaired) electrons. The Morgan fingerprint density at radius 3 is 2.37 bits per heavy atom. The average Bonchev–Trinajstić information content (AvgIpc) is 2.87. The second kappa shape index (κ2) is 6.48. The van der Waals surface area contributed by atoms with Gasteiger partial charge in [0.25, 0.3) is 5.91 Å². The summed E-state index contributed by atoms with van der Waals surface area (Å²) < 4.78 is 24.5. The van der Waals surface area contributed by atoms with Crippen LogP contribution in [-0.4, -0.2) is 29.7 Å². The van der Waals surface area contributed by atoms with Crippen LogP contribution >= 0.6 is 42.4 Å². The third-order valence-corrected chi connectivity index (χ3v) is 5.43. The van der Waals surface area contributed by atoms with Gasteiger partial charge in [0.1, 0.15) is 0 Å². The minimum atomic E-state index is -3.84. The average molecular weight is 351 g/mol. The zero-order valence-electron chi connectivity index (χ0n) is 9.93. The Balaban J connectivity index is 3.01. The largest absolute Gasteiger partial charge is 0.459 e. The number of carbonyl (C=O) groups is 1. The molecule has 0 aliphatic carbocycles. The number of rotatable bonds is 5. The Morgan fingerprint density at radius 1 is 1.42 bits per heavy atom. The van der Waals surface area contributed by atoms with Crippen LogP contribution in [0.5, 0.6) is 0 Å². The number of nitrogens with one attached hydrogen (secondary N) is 1. The molecule has 0 saturated carbocycles. The fourth-order valence-electron chi connectivity index (χ4n) is 1.23. The fraction of sp³-hybridized carbons (Fsp3) is 0.444. The van der Waals surface area contributed by atoms with Gasteiger partial charge in [0, 0.05) is 14.2 Å². The molecule has 1 N–H and O–H groups in total. The summed E-state index contributed by atoms with van der Waals surface area (Å²) in [5.74, 6) is -2.23. The predicted octanol–water partition coefficient (Wildman–Crippen LogP) is 3.19. The van der Waals surface area contributed by atoms with E-state index in [1.54, 1.807) is 0 Å². The van der Waals surface area contributed by atoms with Crippen LogP contribution in [0.15, 0.2) is 22.8 Å². The second-order valence-corrected chi connectivity index (χ2v) is 8.00. The van der Waals surface area contributed by atoms with E-state index in [1.807, 2.05) is 0 Å². The molecule has 1 heterocycles. The maximum atomic E-state index is 12.3. The van der Waals surface area contributed by atoms with Gasteiger partial charge in [-0.3, -0.25) is 9.36 Å². The normalized spacial score (nSPS) is 14.2. The zero-order chi connectivity index (χ0) is 14.7. The Bertz CT molecular complexity index is 465. The summed E-state index contributed by atoms with van der Waals surface area (Å²) in [5, 5.41) is 2.26. The maximum Gasteiger partial charge on any atom is 0.356 e. The van der Waals surface area contributed by atoms with Crippen LogP contribution in [0, 0.1) is 0 Å². The third-order valence-electron chi connectivity index (χ3n) is 2.15. The number of amides is 1. The number of hydrogen-bond donors (Lipinski definition) is 1. The van der Waals surface area contributed by atoms with Crippen LogP contribution in [0.1, 0.15) is 10.6 Å². The van der Waals surface area contributed by atoms with Crippen molar-refractivity contribution in [2.45, 2.75) is 9.58 Å². The van der Waals surface area contributed by atoms with Crippen LogP contribution in [-0.2, 0) is 13.6 Å². The van der Waals surface area contributed by atoms with Gasteiger partial charge in [0.2, 0.25) is 3.79 Å². The first-order valence-electron chi connectivity index (χ1n) is 4.87. The van der Waals surface area contributed by atoms with Crippen molar-refractivity contribution in [3.05, 3.63) is 24.2 Å². The van der Waals surface area contributed by atoms with E-state index in [4.69, 9.17) is 48.3 Å². The second-order valence-electron chi connectivity index (χ2n) is 3.30. The SMILES string of the molecule is COP(=O)(OC)[C@H](NC(=O)c1ccco1)C(Cl)(Cl)Cl. The van der Waals surface area contributed by atoms with Gasteiger partial charge >= 0.3 is 7.60 Å². The minimum Gasteiger partial charge on any atom is -0.459 e. The third kappa shape index (κ3) is 4.12. The van der Waals surface area contributed by atoms with Crippen molar-refractivity contribution >= 4 is 48.3 Å². The molecule has 1 aromatic rings. The summed E-state index contributed by atoms with van der Waals surface area (Å²) in [6, 6.07) is 2.90.